The predicted molar refractivity (Wildman–Crippen MR) is 90.2 cm³/mol. The van der Waals surface area contributed by atoms with E-state index in [1.807, 2.05) is 4.57 Å². The van der Waals surface area contributed by atoms with E-state index in [1.165, 1.54) is 18.5 Å². The number of amides is 2. The highest BCUT2D eigenvalue weighted by Crippen LogP contribution is 2.35. The molecule has 1 aromatic carbocycles. The SMILES string of the molecule is O=C(NCCCn1ccnc1)Nc1ccc(-n2cncn2)c(C(F)(F)F)c1. The Morgan fingerprint density at radius 1 is 1.19 bits per heavy atom. The van der Waals surface area contributed by atoms with Gasteiger partial charge in [-0.15, -0.1) is 0 Å². The topological polar surface area (TPSA) is 89.7 Å². The van der Waals surface area contributed by atoms with Gasteiger partial charge in [0.1, 0.15) is 12.7 Å². The van der Waals surface area contributed by atoms with E-state index in [9.17, 15) is 18.0 Å². The molecular formula is C16H16F3N7O. The van der Waals surface area contributed by atoms with E-state index >= 15 is 0 Å². The number of hydrogen-bond acceptors (Lipinski definition) is 4. The fraction of sp³-hybridized carbons (Fsp3) is 0.250. The van der Waals surface area contributed by atoms with Crippen LogP contribution in [0.1, 0.15) is 12.0 Å². The number of carbonyl (C=O) groups excluding carboxylic acids is 1. The minimum Gasteiger partial charge on any atom is -0.338 e. The zero-order chi connectivity index (χ0) is 19.3. The summed E-state index contributed by atoms with van der Waals surface area (Å²) < 4.78 is 42.9. The van der Waals surface area contributed by atoms with E-state index in [1.54, 1.807) is 18.7 Å². The summed E-state index contributed by atoms with van der Waals surface area (Å²) in [4.78, 5) is 19.5. The number of anilines is 1. The summed E-state index contributed by atoms with van der Waals surface area (Å²) in [6, 6.07) is 2.88. The average Bonchev–Trinajstić information content (AvgIpc) is 3.32. The van der Waals surface area contributed by atoms with Crippen LogP contribution in [0.15, 0.2) is 49.6 Å². The molecule has 0 saturated heterocycles. The fourth-order valence-electron chi connectivity index (χ4n) is 2.43. The van der Waals surface area contributed by atoms with Crippen molar-refractivity contribution < 1.29 is 18.0 Å². The van der Waals surface area contributed by atoms with Gasteiger partial charge in [-0.3, -0.25) is 0 Å². The molecule has 2 heterocycles. The number of aryl methyl sites for hydroxylation is 1. The standard InChI is InChI=1S/C16H16F3N7O/c17-16(18,19)13-8-12(2-3-14(13)26-11-21-9-23-26)24-15(27)22-4-1-6-25-7-5-20-10-25/h2-3,5,7-11H,1,4,6H2,(H2,22,24,27). The molecular weight excluding hydrogens is 363 g/mol. The molecule has 3 aromatic rings. The van der Waals surface area contributed by atoms with Crippen molar-refractivity contribution in [2.45, 2.75) is 19.1 Å². The van der Waals surface area contributed by atoms with Crippen molar-refractivity contribution in [2.24, 2.45) is 0 Å². The second-order valence-corrected chi connectivity index (χ2v) is 5.60. The highest BCUT2D eigenvalue weighted by atomic mass is 19.4. The minimum absolute atomic E-state index is 0.0262. The van der Waals surface area contributed by atoms with Crippen LogP contribution < -0.4 is 10.6 Å². The molecule has 0 spiro atoms. The van der Waals surface area contributed by atoms with Gasteiger partial charge in [0.2, 0.25) is 0 Å². The smallest absolute Gasteiger partial charge is 0.338 e. The molecule has 0 aliphatic carbocycles. The molecule has 2 aromatic heterocycles. The molecule has 27 heavy (non-hydrogen) atoms. The average molecular weight is 379 g/mol. The molecule has 0 bridgehead atoms. The summed E-state index contributed by atoms with van der Waals surface area (Å²) in [6.07, 6.45) is 3.48. The van der Waals surface area contributed by atoms with Crippen molar-refractivity contribution in [2.75, 3.05) is 11.9 Å². The summed E-state index contributed by atoms with van der Waals surface area (Å²) in [7, 11) is 0. The van der Waals surface area contributed by atoms with Gasteiger partial charge in [-0.05, 0) is 24.6 Å². The van der Waals surface area contributed by atoms with E-state index in [4.69, 9.17) is 0 Å². The first-order chi connectivity index (χ1) is 12.9. The molecule has 0 fully saturated rings. The van der Waals surface area contributed by atoms with Crippen LogP contribution in [0.25, 0.3) is 5.69 Å². The van der Waals surface area contributed by atoms with Crippen LogP contribution >= 0.6 is 0 Å². The van der Waals surface area contributed by atoms with E-state index < -0.39 is 17.8 Å². The van der Waals surface area contributed by atoms with Gasteiger partial charge in [0.15, 0.2) is 0 Å². The lowest BCUT2D eigenvalue weighted by atomic mass is 10.1. The van der Waals surface area contributed by atoms with Crippen LogP contribution in [-0.4, -0.2) is 36.9 Å². The first kappa shape index (κ1) is 18.4. The molecule has 0 saturated carbocycles. The first-order valence-electron chi connectivity index (χ1n) is 8.00. The highest BCUT2D eigenvalue weighted by molar-refractivity contribution is 5.89. The third kappa shape index (κ3) is 4.84. The number of nitrogens with zero attached hydrogens (tertiary/aromatic N) is 5. The summed E-state index contributed by atoms with van der Waals surface area (Å²) >= 11 is 0. The molecule has 2 N–H and O–H groups in total. The van der Waals surface area contributed by atoms with E-state index in [2.05, 4.69) is 25.7 Å². The molecule has 2 amide bonds. The van der Waals surface area contributed by atoms with Crippen LogP contribution in [0.5, 0.6) is 0 Å². The highest BCUT2D eigenvalue weighted by Gasteiger charge is 2.34. The third-order valence-electron chi connectivity index (χ3n) is 3.66. The van der Waals surface area contributed by atoms with Crippen molar-refractivity contribution in [1.82, 2.24) is 29.6 Å². The Morgan fingerprint density at radius 3 is 2.70 bits per heavy atom. The zero-order valence-corrected chi connectivity index (χ0v) is 14.0. The lowest BCUT2D eigenvalue weighted by molar-refractivity contribution is -0.137. The van der Waals surface area contributed by atoms with Crippen LogP contribution in [-0.2, 0) is 12.7 Å². The van der Waals surface area contributed by atoms with Gasteiger partial charge < -0.3 is 15.2 Å². The van der Waals surface area contributed by atoms with Crippen LogP contribution in [0.4, 0.5) is 23.7 Å². The number of rotatable bonds is 6. The summed E-state index contributed by atoms with van der Waals surface area (Å²) in [5.74, 6) is 0. The third-order valence-corrected chi connectivity index (χ3v) is 3.66. The molecule has 11 heteroatoms. The summed E-state index contributed by atoms with van der Waals surface area (Å²) in [5, 5.41) is 8.73. The normalized spacial score (nSPS) is 11.4. The molecule has 0 atom stereocenters. The Morgan fingerprint density at radius 2 is 2.04 bits per heavy atom. The Balaban J connectivity index is 1.62. The number of halogens is 3. The molecule has 142 valence electrons. The van der Waals surface area contributed by atoms with Crippen LogP contribution in [0, 0.1) is 0 Å². The second kappa shape index (κ2) is 7.89. The Hall–Kier alpha value is -3.37. The van der Waals surface area contributed by atoms with Gasteiger partial charge in [-0.2, -0.15) is 18.3 Å². The van der Waals surface area contributed by atoms with Gasteiger partial charge in [-0.1, -0.05) is 0 Å². The number of hydrogen-bond donors (Lipinski definition) is 2. The van der Waals surface area contributed by atoms with Crippen LogP contribution in [0.2, 0.25) is 0 Å². The van der Waals surface area contributed by atoms with Crippen LogP contribution in [0.3, 0.4) is 0 Å². The number of carbonyl (C=O) groups is 1. The Bertz CT molecular complexity index is 876. The molecule has 0 aliphatic heterocycles. The van der Waals surface area contributed by atoms with E-state index in [0.717, 1.165) is 17.1 Å². The van der Waals surface area contributed by atoms with Crippen molar-refractivity contribution >= 4 is 11.7 Å². The van der Waals surface area contributed by atoms with E-state index in [-0.39, 0.29) is 11.4 Å². The molecule has 0 radical (unpaired) electrons. The van der Waals surface area contributed by atoms with Gasteiger partial charge in [0, 0.05) is 31.2 Å². The molecule has 0 unspecified atom stereocenters. The van der Waals surface area contributed by atoms with Gasteiger partial charge >= 0.3 is 12.2 Å². The Kier molecular flexibility index (Phi) is 5.38. The van der Waals surface area contributed by atoms with Crippen molar-refractivity contribution in [3.05, 3.63) is 55.1 Å². The molecule has 3 rings (SSSR count). The fourth-order valence-corrected chi connectivity index (χ4v) is 2.43. The maximum Gasteiger partial charge on any atom is 0.418 e. The predicted octanol–water partition coefficient (Wildman–Crippen LogP) is 2.69. The number of benzene rings is 1. The number of aromatic nitrogens is 5. The van der Waals surface area contributed by atoms with Gasteiger partial charge in [0.25, 0.3) is 0 Å². The maximum absolute atomic E-state index is 13.3. The summed E-state index contributed by atoms with van der Waals surface area (Å²) in [5.41, 5.74) is -1.07. The summed E-state index contributed by atoms with van der Waals surface area (Å²) in [6.45, 7) is 1.04. The zero-order valence-electron chi connectivity index (χ0n) is 14.0. The molecule has 0 aliphatic rings. The van der Waals surface area contributed by atoms with Crippen molar-refractivity contribution in [3.63, 3.8) is 0 Å². The maximum atomic E-state index is 13.3. The number of nitrogens with one attached hydrogen (secondary N) is 2. The first-order valence-corrected chi connectivity index (χ1v) is 8.00. The number of alkyl halides is 3. The largest absolute Gasteiger partial charge is 0.418 e. The van der Waals surface area contributed by atoms with Gasteiger partial charge in [0.05, 0.1) is 17.6 Å². The van der Waals surface area contributed by atoms with Crippen molar-refractivity contribution in [1.29, 1.82) is 0 Å². The lowest BCUT2D eigenvalue weighted by Gasteiger charge is -2.15. The Labute approximate surface area is 152 Å². The monoisotopic (exact) mass is 379 g/mol. The second-order valence-electron chi connectivity index (χ2n) is 5.60. The lowest BCUT2D eigenvalue weighted by Crippen LogP contribution is -2.30. The number of imidazole rings is 1. The number of urea groups is 1. The molecule has 8 nitrogen and oxygen atoms in total. The van der Waals surface area contributed by atoms with Gasteiger partial charge in [-0.25, -0.2) is 19.4 Å². The quantitative estimate of drug-likeness (QED) is 0.645. The minimum atomic E-state index is -4.61. The van der Waals surface area contributed by atoms with Crippen molar-refractivity contribution in [3.8, 4) is 5.69 Å². The van der Waals surface area contributed by atoms with E-state index in [0.29, 0.717) is 19.5 Å².